The van der Waals surface area contributed by atoms with Crippen LogP contribution in [0.3, 0.4) is 0 Å². The molecule has 0 amide bonds. The Morgan fingerprint density at radius 1 is 1.40 bits per heavy atom. The third-order valence-corrected chi connectivity index (χ3v) is 1.85. The Labute approximate surface area is 68.8 Å². The third-order valence-electron chi connectivity index (χ3n) is 1.39. The quantitative estimate of drug-likeness (QED) is 0.521. The molecule has 10 heavy (non-hydrogen) atoms. The minimum atomic E-state index is 0.512. The maximum absolute atomic E-state index is 7.32. The van der Waals surface area contributed by atoms with Gasteiger partial charge >= 0.3 is 68.3 Å². The molecular formula is C8H8NSe. The Hall–Kier alpha value is -0.591. The Morgan fingerprint density at radius 3 is 2.40 bits per heavy atom. The van der Waals surface area contributed by atoms with E-state index in [0.29, 0.717) is 4.61 Å². The van der Waals surface area contributed by atoms with Gasteiger partial charge in [0, 0.05) is 0 Å². The van der Waals surface area contributed by atoms with Gasteiger partial charge in [0.2, 0.25) is 0 Å². The summed E-state index contributed by atoms with van der Waals surface area (Å²) in [5.74, 6) is 0. The molecule has 0 aliphatic rings. The van der Waals surface area contributed by atoms with Gasteiger partial charge in [-0.15, -0.1) is 0 Å². The van der Waals surface area contributed by atoms with Gasteiger partial charge in [0.15, 0.2) is 0 Å². The van der Waals surface area contributed by atoms with Gasteiger partial charge in [0.25, 0.3) is 0 Å². The Bertz CT molecular complexity index is 255. The number of nitrogens with one attached hydrogen (secondary N) is 1. The van der Waals surface area contributed by atoms with Gasteiger partial charge in [0.05, 0.1) is 0 Å². The van der Waals surface area contributed by atoms with Crippen LogP contribution in [0.15, 0.2) is 24.3 Å². The molecule has 51 valence electrons. The molecule has 1 N–H and O–H groups in total. The molecule has 1 aromatic carbocycles. The van der Waals surface area contributed by atoms with Crippen molar-refractivity contribution in [3.63, 3.8) is 0 Å². The van der Waals surface area contributed by atoms with Gasteiger partial charge in [-0.25, -0.2) is 0 Å². The summed E-state index contributed by atoms with van der Waals surface area (Å²) in [7, 11) is 0. The zero-order chi connectivity index (χ0) is 7.56. The van der Waals surface area contributed by atoms with Crippen LogP contribution in [-0.2, 0) is 0 Å². The maximum atomic E-state index is 7.32. The summed E-state index contributed by atoms with van der Waals surface area (Å²) in [5.41, 5.74) is 2.13. The van der Waals surface area contributed by atoms with Crippen molar-refractivity contribution < 1.29 is 0 Å². The average Bonchev–Trinajstić information content (AvgIpc) is 1.88. The standard InChI is InChI=1S/C8H8NSe/c1-6-4-2-3-5-7(6)8(9)10/h2-5,9H,1H3. The van der Waals surface area contributed by atoms with Gasteiger partial charge in [-0.05, 0) is 0 Å². The molecule has 0 aliphatic carbocycles. The third kappa shape index (κ3) is 1.47. The van der Waals surface area contributed by atoms with E-state index in [9.17, 15) is 0 Å². The van der Waals surface area contributed by atoms with Gasteiger partial charge in [-0.3, -0.25) is 0 Å². The Balaban J connectivity index is 3.15. The molecule has 0 bridgehead atoms. The van der Waals surface area contributed by atoms with E-state index in [1.165, 1.54) is 0 Å². The van der Waals surface area contributed by atoms with Crippen molar-refractivity contribution in [1.29, 1.82) is 5.41 Å². The Kier molecular flexibility index (Phi) is 2.25. The first-order chi connectivity index (χ1) is 4.72. The summed E-state index contributed by atoms with van der Waals surface area (Å²) >= 11 is 2.68. The molecule has 0 atom stereocenters. The van der Waals surface area contributed by atoms with Crippen molar-refractivity contribution in [2.75, 3.05) is 0 Å². The molecule has 0 aliphatic heterocycles. The topological polar surface area (TPSA) is 23.9 Å². The molecule has 0 saturated heterocycles. The van der Waals surface area contributed by atoms with Crippen molar-refractivity contribution in [3.8, 4) is 0 Å². The van der Waals surface area contributed by atoms with Crippen LogP contribution in [0.25, 0.3) is 0 Å². The predicted octanol–water partition coefficient (Wildman–Crippen LogP) is 1.49. The molecule has 0 unspecified atom stereocenters. The fourth-order valence-corrected chi connectivity index (χ4v) is 1.31. The zero-order valence-electron chi connectivity index (χ0n) is 5.72. The summed E-state index contributed by atoms with van der Waals surface area (Å²) in [5, 5.41) is 7.32. The van der Waals surface area contributed by atoms with Crippen LogP contribution < -0.4 is 0 Å². The van der Waals surface area contributed by atoms with E-state index < -0.39 is 0 Å². The molecule has 1 rings (SSSR count). The van der Waals surface area contributed by atoms with E-state index in [1.807, 2.05) is 31.2 Å². The van der Waals surface area contributed by atoms with E-state index in [0.717, 1.165) is 11.1 Å². The van der Waals surface area contributed by atoms with E-state index in [2.05, 4.69) is 16.0 Å². The van der Waals surface area contributed by atoms with E-state index in [-0.39, 0.29) is 0 Å². The fraction of sp³-hybridized carbons (Fsp3) is 0.125. The zero-order valence-corrected chi connectivity index (χ0v) is 7.43. The van der Waals surface area contributed by atoms with Gasteiger partial charge in [-0.2, -0.15) is 0 Å². The molecule has 0 fully saturated rings. The van der Waals surface area contributed by atoms with Crippen molar-refractivity contribution in [2.24, 2.45) is 0 Å². The summed E-state index contributed by atoms with van der Waals surface area (Å²) in [6.45, 7) is 2.00. The van der Waals surface area contributed by atoms with Crippen molar-refractivity contribution in [3.05, 3.63) is 35.4 Å². The first-order valence-corrected chi connectivity index (χ1v) is 3.89. The minimum absolute atomic E-state index is 0.512. The average molecular weight is 197 g/mol. The molecule has 0 aromatic heterocycles. The van der Waals surface area contributed by atoms with Crippen LogP contribution in [0, 0.1) is 12.3 Å². The molecule has 1 nitrogen and oxygen atoms in total. The van der Waals surface area contributed by atoms with Gasteiger partial charge < -0.3 is 0 Å². The number of hydrogen-bond donors (Lipinski definition) is 1. The molecule has 0 saturated carbocycles. The van der Waals surface area contributed by atoms with Crippen LogP contribution in [0.2, 0.25) is 0 Å². The molecule has 1 radical (unpaired) electrons. The predicted molar refractivity (Wildman–Crippen MR) is 43.8 cm³/mol. The second-order valence-electron chi connectivity index (χ2n) is 2.14. The molecule has 0 heterocycles. The number of aryl methyl sites for hydroxylation is 1. The molecule has 0 spiro atoms. The summed E-state index contributed by atoms with van der Waals surface area (Å²) in [6.07, 6.45) is 0. The van der Waals surface area contributed by atoms with Crippen LogP contribution in [-0.4, -0.2) is 20.6 Å². The van der Waals surface area contributed by atoms with Crippen molar-refractivity contribution >= 4 is 20.6 Å². The van der Waals surface area contributed by atoms with Gasteiger partial charge in [-0.1, -0.05) is 0 Å². The van der Waals surface area contributed by atoms with Crippen LogP contribution in [0.4, 0.5) is 0 Å². The van der Waals surface area contributed by atoms with Crippen molar-refractivity contribution in [1.82, 2.24) is 0 Å². The van der Waals surface area contributed by atoms with Crippen LogP contribution >= 0.6 is 0 Å². The van der Waals surface area contributed by atoms with E-state index >= 15 is 0 Å². The number of benzene rings is 1. The Morgan fingerprint density at radius 2 is 2.00 bits per heavy atom. The van der Waals surface area contributed by atoms with Crippen molar-refractivity contribution in [2.45, 2.75) is 6.92 Å². The molecular weight excluding hydrogens is 189 g/mol. The van der Waals surface area contributed by atoms with Crippen LogP contribution in [0.1, 0.15) is 11.1 Å². The van der Waals surface area contributed by atoms with E-state index in [4.69, 9.17) is 5.41 Å². The summed E-state index contributed by atoms with van der Waals surface area (Å²) in [6, 6.07) is 7.85. The first kappa shape index (κ1) is 7.52. The second-order valence-corrected chi connectivity index (χ2v) is 3.00. The monoisotopic (exact) mass is 198 g/mol. The normalized spacial score (nSPS) is 9.30. The van der Waals surface area contributed by atoms with Gasteiger partial charge in [0.1, 0.15) is 0 Å². The second kappa shape index (κ2) is 3.00. The van der Waals surface area contributed by atoms with Crippen LogP contribution in [0.5, 0.6) is 0 Å². The fourth-order valence-electron chi connectivity index (χ4n) is 0.828. The SMILES string of the molecule is Cc1ccccc1C(=N)[Se]. The summed E-state index contributed by atoms with van der Waals surface area (Å²) in [4.78, 5) is 0. The number of rotatable bonds is 1. The van der Waals surface area contributed by atoms with E-state index in [1.54, 1.807) is 0 Å². The molecule has 2 heteroatoms. The summed E-state index contributed by atoms with van der Waals surface area (Å²) < 4.78 is 0.512. The molecule has 1 aromatic rings. The first-order valence-electron chi connectivity index (χ1n) is 3.03. The number of hydrogen-bond acceptors (Lipinski definition) is 1.